The largest absolute Gasteiger partial charge is 0.343 e. The Labute approximate surface area is 148 Å². The number of urea groups is 1. The molecule has 0 bridgehead atoms. The van der Waals surface area contributed by atoms with Gasteiger partial charge in [0, 0.05) is 11.6 Å². The van der Waals surface area contributed by atoms with E-state index in [-0.39, 0.29) is 17.9 Å². The number of nitrogens with one attached hydrogen (secondary N) is 3. The number of halogens is 2. The van der Waals surface area contributed by atoms with Gasteiger partial charge in [0.15, 0.2) is 0 Å². The molecule has 128 valence electrons. The first-order valence-electron chi connectivity index (χ1n) is 7.48. The van der Waals surface area contributed by atoms with Crippen molar-refractivity contribution in [3.05, 3.63) is 28.2 Å². The van der Waals surface area contributed by atoms with Crippen LogP contribution in [0.1, 0.15) is 13.3 Å². The molecule has 2 saturated heterocycles. The minimum absolute atomic E-state index is 0.137. The molecule has 24 heavy (non-hydrogen) atoms. The van der Waals surface area contributed by atoms with Crippen LogP contribution < -0.4 is 16.0 Å². The van der Waals surface area contributed by atoms with Crippen molar-refractivity contribution in [1.82, 2.24) is 15.5 Å². The fourth-order valence-electron chi connectivity index (χ4n) is 2.99. The summed E-state index contributed by atoms with van der Waals surface area (Å²) >= 11 is 11.9. The van der Waals surface area contributed by atoms with E-state index in [1.54, 1.807) is 25.1 Å². The van der Waals surface area contributed by atoms with Crippen molar-refractivity contribution in [3.8, 4) is 0 Å². The molecule has 2 fully saturated rings. The van der Waals surface area contributed by atoms with Gasteiger partial charge in [-0.05, 0) is 31.5 Å². The first kappa shape index (κ1) is 16.9. The lowest BCUT2D eigenvalue weighted by Crippen LogP contribution is -2.60. The van der Waals surface area contributed by atoms with Gasteiger partial charge >= 0.3 is 6.03 Å². The van der Waals surface area contributed by atoms with E-state index in [0.717, 1.165) is 0 Å². The summed E-state index contributed by atoms with van der Waals surface area (Å²) in [6.45, 7) is 1.95. The highest BCUT2D eigenvalue weighted by Gasteiger charge is 2.45. The first-order valence-corrected chi connectivity index (χ1v) is 8.24. The van der Waals surface area contributed by atoms with Crippen LogP contribution >= 0.6 is 23.2 Å². The van der Waals surface area contributed by atoms with Gasteiger partial charge in [0.2, 0.25) is 11.8 Å². The number of nitrogens with zero attached hydrogens (tertiary/aromatic N) is 1. The Morgan fingerprint density at radius 3 is 2.83 bits per heavy atom. The van der Waals surface area contributed by atoms with Crippen molar-refractivity contribution in [2.45, 2.75) is 31.5 Å². The zero-order chi connectivity index (χ0) is 17.4. The van der Waals surface area contributed by atoms with Gasteiger partial charge in [0.25, 0.3) is 0 Å². The molecular formula is C15H16Cl2N4O3. The number of benzene rings is 1. The molecule has 2 aliphatic heterocycles. The molecule has 7 nitrogen and oxygen atoms in total. The van der Waals surface area contributed by atoms with Crippen LogP contribution in [0.5, 0.6) is 0 Å². The topological polar surface area (TPSA) is 90.5 Å². The SMILES string of the molecule is C[C@@H]1NC(=O)[C@@H]2C[C@H](NC(=O)Nc3cc(Cl)ccc3Cl)CN2C1=O. The van der Waals surface area contributed by atoms with Crippen molar-refractivity contribution in [1.29, 1.82) is 0 Å². The summed E-state index contributed by atoms with van der Waals surface area (Å²) in [5, 5.41) is 8.83. The van der Waals surface area contributed by atoms with Crippen molar-refractivity contribution >= 4 is 46.7 Å². The smallest absolute Gasteiger partial charge is 0.319 e. The molecule has 3 N–H and O–H groups in total. The first-order chi connectivity index (χ1) is 11.3. The Kier molecular flexibility index (Phi) is 4.56. The molecule has 2 heterocycles. The summed E-state index contributed by atoms with van der Waals surface area (Å²) in [5.74, 6) is -0.327. The molecule has 0 unspecified atom stereocenters. The van der Waals surface area contributed by atoms with Gasteiger partial charge in [0.05, 0.1) is 16.8 Å². The van der Waals surface area contributed by atoms with Gasteiger partial charge in [0.1, 0.15) is 12.1 Å². The minimum Gasteiger partial charge on any atom is -0.343 e. The van der Waals surface area contributed by atoms with Gasteiger partial charge in [-0.15, -0.1) is 0 Å². The van der Waals surface area contributed by atoms with E-state index in [4.69, 9.17) is 23.2 Å². The molecular weight excluding hydrogens is 355 g/mol. The van der Waals surface area contributed by atoms with E-state index >= 15 is 0 Å². The van der Waals surface area contributed by atoms with E-state index in [9.17, 15) is 14.4 Å². The van der Waals surface area contributed by atoms with Crippen molar-refractivity contribution in [3.63, 3.8) is 0 Å². The normalized spacial score (nSPS) is 26.0. The number of carbonyl (C=O) groups excluding carboxylic acids is 3. The maximum atomic E-state index is 12.1. The number of anilines is 1. The number of hydrogen-bond acceptors (Lipinski definition) is 3. The lowest BCUT2D eigenvalue weighted by molar-refractivity contribution is -0.146. The molecule has 9 heteroatoms. The second kappa shape index (κ2) is 6.49. The highest BCUT2D eigenvalue weighted by atomic mass is 35.5. The Bertz CT molecular complexity index is 712. The average Bonchev–Trinajstić information content (AvgIpc) is 2.93. The molecule has 2 aliphatic rings. The number of piperazine rings is 1. The standard InChI is InChI=1S/C15H16Cl2N4O3/c1-7-14(23)21-6-9(5-12(21)13(22)18-7)19-15(24)20-11-4-8(16)2-3-10(11)17/h2-4,7,9,12H,5-6H2,1H3,(H,18,22)(H2,19,20,24)/t7-,9-,12-/m0/s1. The summed E-state index contributed by atoms with van der Waals surface area (Å²) in [6, 6.07) is 2.89. The van der Waals surface area contributed by atoms with Crippen LogP contribution in [0.15, 0.2) is 18.2 Å². The van der Waals surface area contributed by atoms with E-state index in [1.807, 2.05) is 0 Å². The zero-order valence-electron chi connectivity index (χ0n) is 12.8. The van der Waals surface area contributed by atoms with Gasteiger partial charge in [-0.1, -0.05) is 23.2 Å². The summed E-state index contributed by atoms with van der Waals surface area (Å²) in [5.41, 5.74) is 0.389. The van der Waals surface area contributed by atoms with Crippen LogP contribution in [0.3, 0.4) is 0 Å². The fourth-order valence-corrected chi connectivity index (χ4v) is 3.33. The molecule has 0 spiro atoms. The molecule has 0 aromatic heterocycles. The molecule has 4 amide bonds. The van der Waals surface area contributed by atoms with E-state index in [0.29, 0.717) is 28.7 Å². The summed E-state index contributed by atoms with van der Waals surface area (Å²) in [7, 11) is 0. The fraction of sp³-hybridized carbons (Fsp3) is 0.400. The highest BCUT2D eigenvalue weighted by Crippen LogP contribution is 2.26. The third kappa shape index (κ3) is 3.27. The zero-order valence-corrected chi connectivity index (χ0v) is 14.3. The lowest BCUT2D eigenvalue weighted by Gasteiger charge is -2.32. The van der Waals surface area contributed by atoms with Crippen LogP contribution in [-0.4, -0.2) is 47.4 Å². The van der Waals surface area contributed by atoms with Crippen LogP contribution in [0.25, 0.3) is 0 Å². The Hall–Kier alpha value is -1.99. The quantitative estimate of drug-likeness (QED) is 0.738. The van der Waals surface area contributed by atoms with Gasteiger partial charge in [-0.2, -0.15) is 0 Å². The monoisotopic (exact) mass is 370 g/mol. The molecule has 0 saturated carbocycles. The molecule has 1 aromatic carbocycles. The predicted octanol–water partition coefficient (Wildman–Crippen LogP) is 1.60. The Morgan fingerprint density at radius 2 is 2.08 bits per heavy atom. The van der Waals surface area contributed by atoms with E-state index < -0.39 is 18.1 Å². The van der Waals surface area contributed by atoms with Crippen molar-refractivity contribution < 1.29 is 14.4 Å². The minimum atomic E-state index is -0.536. The predicted molar refractivity (Wildman–Crippen MR) is 90.1 cm³/mol. The number of rotatable bonds is 2. The number of hydrogen-bond donors (Lipinski definition) is 3. The molecule has 1 aromatic rings. The number of fused-ring (bicyclic) bond motifs is 1. The molecule has 0 radical (unpaired) electrons. The maximum absolute atomic E-state index is 12.1. The van der Waals surface area contributed by atoms with Gasteiger partial charge in [-0.3, -0.25) is 9.59 Å². The maximum Gasteiger partial charge on any atom is 0.319 e. The van der Waals surface area contributed by atoms with E-state index in [2.05, 4.69) is 16.0 Å². The van der Waals surface area contributed by atoms with Crippen LogP contribution in [0.2, 0.25) is 10.0 Å². The summed E-state index contributed by atoms with van der Waals surface area (Å²) in [4.78, 5) is 37.7. The summed E-state index contributed by atoms with van der Waals surface area (Å²) < 4.78 is 0. The third-order valence-corrected chi connectivity index (χ3v) is 4.69. The van der Waals surface area contributed by atoms with Crippen molar-refractivity contribution in [2.24, 2.45) is 0 Å². The molecule has 3 atom stereocenters. The van der Waals surface area contributed by atoms with E-state index in [1.165, 1.54) is 4.90 Å². The van der Waals surface area contributed by atoms with Crippen LogP contribution in [0, 0.1) is 0 Å². The van der Waals surface area contributed by atoms with Crippen molar-refractivity contribution in [2.75, 3.05) is 11.9 Å². The average molecular weight is 371 g/mol. The Morgan fingerprint density at radius 1 is 1.33 bits per heavy atom. The second-order valence-corrected chi connectivity index (χ2v) is 6.74. The van der Waals surface area contributed by atoms with Gasteiger partial charge < -0.3 is 20.9 Å². The molecule has 3 rings (SSSR count). The highest BCUT2D eigenvalue weighted by molar-refractivity contribution is 6.35. The number of carbonyl (C=O) groups is 3. The third-order valence-electron chi connectivity index (χ3n) is 4.13. The van der Waals surface area contributed by atoms with Crippen LogP contribution in [-0.2, 0) is 9.59 Å². The van der Waals surface area contributed by atoms with Gasteiger partial charge in [-0.25, -0.2) is 4.79 Å². The Balaban J connectivity index is 1.63. The number of amides is 4. The molecule has 0 aliphatic carbocycles. The van der Waals surface area contributed by atoms with Crippen LogP contribution in [0.4, 0.5) is 10.5 Å². The lowest BCUT2D eigenvalue weighted by atomic mass is 10.1. The summed E-state index contributed by atoms with van der Waals surface area (Å²) in [6.07, 6.45) is 0.376. The second-order valence-electron chi connectivity index (χ2n) is 5.89.